The van der Waals surface area contributed by atoms with Gasteiger partial charge in [-0.1, -0.05) is 36.4 Å². The lowest BCUT2D eigenvalue weighted by Crippen LogP contribution is -2.37. The number of carbonyl (C=O) groups is 2. The zero-order chi connectivity index (χ0) is 23.1. The molecule has 0 radical (unpaired) electrons. The van der Waals surface area contributed by atoms with Crippen molar-refractivity contribution in [3.05, 3.63) is 94.5 Å². The van der Waals surface area contributed by atoms with Gasteiger partial charge in [-0.3, -0.25) is 24.5 Å². The third-order valence-electron chi connectivity index (χ3n) is 5.86. The van der Waals surface area contributed by atoms with Crippen LogP contribution in [0.4, 0.5) is 17.1 Å². The van der Waals surface area contributed by atoms with Crippen LogP contribution >= 0.6 is 0 Å². The number of ether oxygens (including phenoxy) is 1. The molecule has 9 heteroatoms. The van der Waals surface area contributed by atoms with E-state index in [1.165, 1.54) is 30.4 Å². The molecule has 166 valence electrons. The Morgan fingerprint density at radius 2 is 1.64 bits per heavy atom. The fraction of sp³-hybridized carbons (Fsp3) is 0.167. The molecule has 2 saturated heterocycles. The van der Waals surface area contributed by atoms with E-state index in [1.807, 2.05) is 6.07 Å². The SMILES string of the molecule is COc1cccc([C@@H]2[C@H]3C(=O)N(c4ccccc4)C(=O)[C@H]3ON2c2cccc([N+](=O)[O-])c2)c1. The highest BCUT2D eigenvalue weighted by atomic mass is 16.7. The summed E-state index contributed by atoms with van der Waals surface area (Å²) in [6, 6.07) is 21.0. The second-order valence-corrected chi connectivity index (χ2v) is 7.72. The van der Waals surface area contributed by atoms with E-state index in [-0.39, 0.29) is 5.69 Å². The minimum atomic E-state index is -1.06. The number of methoxy groups -OCH3 is 1. The molecule has 0 aromatic heterocycles. The van der Waals surface area contributed by atoms with Gasteiger partial charge < -0.3 is 4.74 Å². The number of fused-ring (bicyclic) bond motifs is 1. The third-order valence-corrected chi connectivity index (χ3v) is 5.86. The van der Waals surface area contributed by atoms with Crippen molar-refractivity contribution in [1.82, 2.24) is 0 Å². The standard InChI is InChI=1S/C24H19N3O6/c1-32-19-12-5-7-15(13-19)21-20-22(24(29)25(23(20)28)16-8-3-2-4-9-16)33-26(21)17-10-6-11-18(14-17)27(30)31/h2-14,20-22H,1H3/t20-,21-,22+/m1/s1. The van der Waals surface area contributed by atoms with Gasteiger partial charge in [-0.2, -0.15) is 0 Å². The molecule has 3 aromatic rings. The van der Waals surface area contributed by atoms with E-state index in [0.29, 0.717) is 22.7 Å². The van der Waals surface area contributed by atoms with E-state index in [4.69, 9.17) is 9.57 Å². The maximum absolute atomic E-state index is 13.5. The number of hydrogen-bond donors (Lipinski definition) is 0. The second kappa shape index (κ2) is 8.03. The number of nitro benzene ring substituents is 1. The number of para-hydroxylation sites is 1. The van der Waals surface area contributed by atoms with Gasteiger partial charge in [-0.25, -0.2) is 9.96 Å². The fourth-order valence-corrected chi connectivity index (χ4v) is 4.38. The van der Waals surface area contributed by atoms with E-state index in [1.54, 1.807) is 54.6 Å². The van der Waals surface area contributed by atoms with E-state index in [0.717, 1.165) is 4.90 Å². The van der Waals surface area contributed by atoms with Crippen LogP contribution in [0.2, 0.25) is 0 Å². The molecule has 0 N–H and O–H groups in total. The van der Waals surface area contributed by atoms with E-state index in [2.05, 4.69) is 0 Å². The summed E-state index contributed by atoms with van der Waals surface area (Å²) in [6.07, 6.45) is -1.06. The minimum absolute atomic E-state index is 0.124. The van der Waals surface area contributed by atoms with Crippen LogP contribution in [-0.2, 0) is 14.4 Å². The highest BCUT2D eigenvalue weighted by Crippen LogP contribution is 2.48. The average molecular weight is 445 g/mol. The minimum Gasteiger partial charge on any atom is -0.497 e. The number of benzene rings is 3. The van der Waals surface area contributed by atoms with Crippen LogP contribution in [0, 0.1) is 16.0 Å². The highest BCUT2D eigenvalue weighted by Gasteiger charge is 2.60. The Labute approximate surface area is 188 Å². The number of rotatable bonds is 5. The molecule has 2 fully saturated rings. The summed E-state index contributed by atoms with van der Waals surface area (Å²) in [5.41, 5.74) is 1.40. The van der Waals surface area contributed by atoms with Crippen molar-refractivity contribution in [1.29, 1.82) is 0 Å². The number of nitrogens with zero attached hydrogens (tertiary/aromatic N) is 3. The maximum Gasteiger partial charge on any atom is 0.271 e. The smallest absolute Gasteiger partial charge is 0.271 e. The van der Waals surface area contributed by atoms with Crippen molar-refractivity contribution in [2.45, 2.75) is 12.1 Å². The van der Waals surface area contributed by atoms with Crippen LogP contribution < -0.4 is 14.7 Å². The lowest BCUT2D eigenvalue weighted by Gasteiger charge is -2.28. The number of hydrogen-bond acceptors (Lipinski definition) is 7. The molecule has 0 aliphatic carbocycles. The van der Waals surface area contributed by atoms with E-state index >= 15 is 0 Å². The first-order valence-corrected chi connectivity index (χ1v) is 10.3. The molecule has 0 bridgehead atoms. The van der Waals surface area contributed by atoms with Crippen LogP contribution in [0.25, 0.3) is 0 Å². The number of anilines is 2. The normalized spacial score (nSPS) is 21.9. The Balaban J connectivity index is 1.61. The van der Waals surface area contributed by atoms with Crippen LogP contribution in [0.1, 0.15) is 11.6 Å². The molecule has 3 atom stereocenters. The lowest BCUT2D eigenvalue weighted by atomic mass is 9.90. The molecule has 3 aromatic carbocycles. The molecular weight excluding hydrogens is 426 g/mol. The number of hydroxylamine groups is 1. The van der Waals surface area contributed by atoms with Gasteiger partial charge in [-0.15, -0.1) is 0 Å². The first kappa shape index (κ1) is 20.7. The number of non-ortho nitro benzene ring substituents is 1. The van der Waals surface area contributed by atoms with E-state index in [9.17, 15) is 19.7 Å². The van der Waals surface area contributed by atoms with Crippen LogP contribution in [-0.4, -0.2) is 30.0 Å². The molecule has 33 heavy (non-hydrogen) atoms. The lowest BCUT2D eigenvalue weighted by molar-refractivity contribution is -0.384. The molecule has 2 aliphatic heterocycles. The van der Waals surface area contributed by atoms with Gasteiger partial charge >= 0.3 is 0 Å². The van der Waals surface area contributed by atoms with Crippen LogP contribution in [0.3, 0.4) is 0 Å². The highest BCUT2D eigenvalue weighted by molar-refractivity contribution is 6.23. The quantitative estimate of drug-likeness (QED) is 0.336. The largest absolute Gasteiger partial charge is 0.497 e. The first-order valence-electron chi connectivity index (χ1n) is 10.3. The Morgan fingerprint density at radius 3 is 2.36 bits per heavy atom. The predicted molar refractivity (Wildman–Crippen MR) is 119 cm³/mol. The summed E-state index contributed by atoms with van der Waals surface area (Å²) in [6.45, 7) is 0. The predicted octanol–water partition coefficient (Wildman–Crippen LogP) is 3.65. The van der Waals surface area contributed by atoms with Crippen molar-refractivity contribution in [2.24, 2.45) is 5.92 Å². The number of nitro groups is 1. The molecule has 2 heterocycles. The number of imide groups is 1. The van der Waals surface area contributed by atoms with Crippen molar-refractivity contribution in [2.75, 3.05) is 17.1 Å². The van der Waals surface area contributed by atoms with Crippen LogP contribution in [0.15, 0.2) is 78.9 Å². The molecule has 0 spiro atoms. The molecule has 0 unspecified atom stereocenters. The molecule has 5 rings (SSSR count). The van der Waals surface area contributed by atoms with Gasteiger partial charge in [0.1, 0.15) is 11.7 Å². The molecule has 0 saturated carbocycles. The zero-order valence-electron chi connectivity index (χ0n) is 17.5. The topological polar surface area (TPSA) is 102 Å². The summed E-state index contributed by atoms with van der Waals surface area (Å²) >= 11 is 0. The average Bonchev–Trinajstić information content (AvgIpc) is 3.35. The van der Waals surface area contributed by atoms with Gasteiger partial charge in [0.2, 0.25) is 5.91 Å². The first-order chi connectivity index (χ1) is 16.0. The van der Waals surface area contributed by atoms with Gasteiger partial charge in [0, 0.05) is 12.1 Å². The Hall–Kier alpha value is -4.24. The number of carbonyl (C=O) groups excluding carboxylic acids is 2. The molecule has 9 nitrogen and oxygen atoms in total. The number of amides is 2. The molecule has 2 aliphatic rings. The van der Waals surface area contributed by atoms with Gasteiger partial charge in [0.05, 0.1) is 29.4 Å². The molecular formula is C24H19N3O6. The van der Waals surface area contributed by atoms with Crippen molar-refractivity contribution >= 4 is 28.9 Å². The van der Waals surface area contributed by atoms with Gasteiger partial charge in [-0.05, 0) is 35.9 Å². The Kier molecular flexibility index (Phi) is 5.02. The fourth-order valence-electron chi connectivity index (χ4n) is 4.38. The van der Waals surface area contributed by atoms with E-state index < -0.39 is 34.8 Å². The van der Waals surface area contributed by atoms with Crippen LogP contribution in [0.5, 0.6) is 5.75 Å². The van der Waals surface area contributed by atoms with Gasteiger partial charge in [0.25, 0.3) is 11.6 Å². The van der Waals surface area contributed by atoms with Crippen molar-refractivity contribution in [3.63, 3.8) is 0 Å². The zero-order valence-corrected chi connectivity index (χ0v) is 17.5. The van der Waals surface area contributed by atoms with Crippen molar-refractivity contribution in [3.8, 4) is 5.75 Å². The summed E-state index contributed by atoms with van der Waals surface area (Å²) in [4.78, 5) is 44.8. The summed E-state index contributed by atoms with van der Waals surface area (Å²) in [5.74, 6) is -1.13. The van der Waals surface area contributed by atoms with Crippen molar-refractivity contribution < 1.29 is 24.1 Å². The molecule has 2 amide bonds. The summed E-state index contributed by atoms with van der Waals surface area (Å²) in [5, 5.41) is 12.7. The third kappa shape index (κ3) is 3.39. The Morgan fingerprint density at radius 1 is 0.909 bits per heavy atom. The maximum atomic E-state index is 13.5. The van der Waals surface area contributed by atoms with Gasteiger partial charge in [0.15, 0.2) is 6.10 Å². The monoisotopic (exact) mass is 445 g/mol. The second-order valence-electron chi connectivity index (χ2n) is 7.72. The Bertz CT molecular complexity index is 1250. The summed E-state index contributed by atoms with van der Waals surface area (Å²) in [7, 11) is 1.53. The summed E-state index contributed by atoms with van der Waals surface area (Å²) < 4.78 is 5.34.